The first-order chi connectivity index (χ1) is 17.1. The van der Waals surface area contributed by atoms with E-state index in [1.54, 1.807) is 32.4 Å². The third-order valence-corrected chi connectivity index (χ3v) is 5.51. The number of pyridine rings is 1. The predicted molar refractivity (Wildman–Crippen MR) is 135 cm³/mol. The highest BCUT2D eigenvalue weighted by molar-refractivity contribution is 5.90. The topological polar surface area (TPSA) is 100 Å². The summed E-state index contributed by atoms with van der Waals surface area (Å²) in [7, 11) is 3.31. The SMILES string of the molecule is CC(C)Cc1c(F)c(F)cc2[nH]c(Cn3cccc(NC(=O)CCC/C=C/C(=O)N(C)C)c3=O)nc12. The van der Waals surface area contributed by atoms with Gasteiger partial charge in [0.1, 0.15) is 11.5 Å². The Bertz CT molecular complexity index is 1340. The number of allylic oxidation sites excluding steroid dienone is 1. The number of likely N-dealkylation sites (N-methyl/N-ethyl adjacent to an activating group) is 1. The second-order valence-electron chi connectivity index (χ2n) is 9.26. The van der Waals surface area contributed by atoms with Crippen molar-refractivity contribution in [2.75, 3.05) is 19.4 Å². The van der Waals surface area contributed by atoms with Crippen LogP contribution in [0.4, 0.5) is 14.5 Å². The highest BCUT2D eigenvalue weighted by Gasteiger charge is 2.18. The van der Waals surface area contributed by atoms with Crippen LogP contribution in [0, 0.1) is 17.6 Å². The second-order valence-corrected chi connectivity index (χ2v) is 9.26. The normalized spacial score (nSPS) is 11.5. The number of rotatable bonds is 10. The molecule has 2 aromatic heterocycles. The molecule has 36 heavy (non-hydrogen) atoms. The van der Waals surface area contributed by atoms with Gasteiger partial charge in [-0.1, -0.05) is 19.9 Å². The van der Waals surface area contributed by atoms with Crippen molar-refractivity contribution in [2.45, 2.75) is 46.1 Å². The molecule has 0 atom stereocenters. The minimum absolute atomic E-state index is 0.0340. The van der Waals surface area contributed by atoms with Gasteiger partial charge >= 0.3 is 0 Å². The van der Waals surface area contributed by atoms with Crippen molar-refractivity contribution >= 4 is 28.5 Å². The number of nitrogens with zero attached hydrogens (tertiary/aromatic N) is 3. The number of aromatic amines is 1. The Morgan fingerprint density at radius 1 is 1.28 bits per heavy atom. The lowest BCUT2D eigenvalue weighted by Crippen LogP contribution is -2.26. The summed E-state index contributed by atoms with van der Waals surface area (Å²) in [6.07, 6.45) is 6.31. The van der Waals surface area contributed by atoms with Crippen LogP contribution < -0.4 is 10.9 Å². The van der Waals surface area contributed by atoms with Gasteiger partial charge in [0.15, 0.2) is 11.6 Å². The summed E-state index contributed by atoms with van der Waals surface area (Å²) < 4.78 is 29.9. The van der Waals surface area contributed by atoms with Crippen LogP contribution in [0.3, 0.4) is 0 Å². The van der Waals surface area contributed by atoms with Crippen molar-refractivity contribution in [3.05, 3.63) is 69.9 Å². The Balaban J connectivity index is 1.70. The predicted octanol–water partition coefficient (Wildman–Crippen LogP) is 4.00. The number of hydrogen-bond acceptors (Lipinski definition) is 4. The standard InChI is InChI=1S/C26H31F2N5O3/c1-16(2)13-17-24(28)18(27)14-20-25(17)31-21(29-20)15-33-12-8-9-19(26(33)36)30-22(34)10-6-5-7-11-23(35)32(3)4/h7-9,11-12,14,16H,5-6,10,13,15H2,1-4H3,(H,29,31)(H,30,34)/b11-7+. The van der Waals surface area contributed by atoms with Gasteiger partial charge in [0.25, 0.3) is 5.56 Å². The number of anilines is 1. The van der Waals surface area contributed by atoms with Crippen molar-refractivity contribution in [3.63, 3.8) is 0 Å². The van der Waals surface area contributed by atoms with Crippen LogP contribution in [-0.4, -0.2) is 45.3 Å². The summed E-state index contributed by atoms with van der Waals surface area (Å²) in [5, 5.41) is 2.63. The summed E-state index contributed by atoms with van der Waals surface area (Å²) >= 11 is 0. The first-order valence-electron chi connectivity index (χ1n) is 11.8. The van der Waals surface area contributed by atoms with E-state index in [9.17, 15) is 23.2 Å². The molecule has 2 amide bonds. The van der Waals surface area contributed by atoms with E-state index in [0.717, 1.165) is 6.07 Å². The quantitative estimate of drug-likeness (QED) is 0.325. The van der Waals surface area contributed by atoms with Crippen LogP contribution >= 0.6 is 0 Å². The number of nitrogens with one attached hydrogen (secondary N) is 2. The molecule has 0 bridgehead atoms. The van der Waals surface area contributed by atoms with Crippen molar-refractivity contribution in [2.24, 2.45) is 5.92 Å². The van der Waals surface area contributed by atoms with Crippen LogP contribution in [0.1, 0.15) is 44.5 Å². The van der Waals surface area contributed by atoms with Crippen molar-refractivity contribution in [1.82, 2.24) is 19.4 Å². The highest BCUT2D eigenvalue weighted by atomic mass is 19.2. The third-order valence-electron chi connectivity index (χ3n) is 5.51. The molecule has 1 aromatic carbocycles. The van der Waals surface area contributed by atoms with Gasteiger partial charge in [-0.2, -0.15) is 0 Å². The van der Waals surface area contributed by atoms with Crippen molar-refractivity contribution < 1.29 is 18.4 Å². The van der Waals surface area contributed by atoms with E-state index in [1.165, 1.54) is 21.6 Å². The largest absolute Gasteiger partial charge is 0.345 e. The molecule has 2 heterocycles. The Morgan fingerprint density at radius 2 is 2.03 bits per heavy atom. The molecule has 3 rings (SSSR count). The van der Waals surface area contributed by atoms with E-state index in [1.807, 2.05) is 13.8 Å². The molecule has 3 aromatic rings. The minimum atomic E-state index is -0.949. The Hall–Kier alpha value is -3.82. The average Bonchev–Trinajstić information content (AvgIpc) is 3.20. The number of halogens is 2. The van der Waals surface area contributed by atoms with E-state index >= 15 is 0 Å². The number of fused-ring (bicyclic) bond motifs is 1. The number of carbonyl (C=O) groups excluding carboxylic acids is 2. The molecule has 0 saturated carbocycles. The lowest BCUT2D eigenvalue weighted by molar-refractivity contribution is -0.123. The molecule has 0 unspecified atom stereocenters. The summed E-state index contributed by atoms with van der Waals surface area (Å²) in [6.45, 7) is 3.85. The third kappa shape index (κ3) is 6.65. The maximum Gasteiger partial charge on any atom is 0.274 e. The molecule has 0 saturated heterocycles. The molecule has 10 heteroatoms. The van der Waals surface area contributed by atoms with Crippen LogP contribution in [0.15, 0.2) is 41.3 Å². The molecule has 2 N–H and O–H groups in total. The second kappa shape index (κ2) is 11.7. The van der Waals surface area contributed by atoms with Crippen molar-refractivity contribution in [1.29, 1.82) is 0 Å². The van der Waals surface area contributed by atoms with E-state index < -0.39 is 17.2 Å². The lowest BCUT2D eigenvalue weighted by Gasteiger charge is -2.08. The zero-order valence-electron chi connectivity index (χ0n) is 20.9. The Morgan fingerprint density at radius 3 is 2.72 bits per heavy atom. The van der Waals surface area contributed by atoms with E-state index in [2.05, 4.69) is 15.3 Å². The smallest absolute Gasteiger partial charge is 0.274 e. The average molecular weight is 500 g/mol. The molecular formula is C26H31F2N5O3. The number of aromatic nitrogens is 3. The summed E-state index contributed by atoms with van der Waals surface area (Å²) in [5.41, 5.74) is 0.601. The lowest BCUT2D eigenvalue weighted by atomic mass is 10.0. The van der Waals surface area contributed by atoms with E-state index in [-0.39, 0.29) is 41.9 Å². The number of benzene rings is 1. The maximum atomic E-state index is 14.4. The first kappa shape index (κ1) is 26.8. The molecule has 0 aliphatic rings. The number of unbranched alkanes of at least 4 members (excludes halogenated alkanes) is 1. The maximum absolute atomic E-state index is 14.4. The van der Waals surface area contributed by atoms with Crippen LogP contribution in [0.5, 0.6) is 0 Å². The fraction of sp³-hybridized carbons (Fsp3) is 0.385. The van der Waals surface area contributed by atoms with Crippen molar-refractivity contribution in [3.8, 4) is 0 Å². The molecule has 0 aliphatic heterocycles. The summed E-state index contributed by atoms with van der Waals surface area (Å²) in [4.78, 5) is 45.6. The number of carbonyl (C=O) groups is 2. The first-order valence-corrected chi connectivity index (χ1v) is 11.8. The number of hydrogen-bond donors (Lipinski definition) is 2. The summed E-state index contributed by atoms with van der Waals surface area (Å²) in [6, 6.07) is 4.20. The molecular weight excluding hydrogens is 468 g/mol. The highest BCUT2D eigenvalue weighted by Crippen LogP contribution is 2.25. The van der Waals surface area contributed by atoms with Gasteiger partial charge < -0.3 is 19.8 Å². The monoisotopic (exact) mass is 499 g/mol. The fourth-order valence-corrected chi connectivity index (χ4v) is 3.72. The van der Waals surface area contributed by atoms with Crippen LogP contribution in [0.2, 0.25) is 0 Å². The summed E-state index contributed by atoms with van der Waals surface area (Å²) in [5.74, 6) is -1.83. The van der Waals surface area contributed by atoms with Gasteiger partial charge in [-0.05, 0) is 43.4 Å². The molecule has 192 valence electrons. The molecule has 0 aliphatic carbocycles. The van der Waals surface area contributed by atoms with E-state index in [0.29, 0.717) is 36.1 Å². The van der Waals surface area contributed by atoms with Gasteiger partial charge in [0.05, 0.1) is 17.6 Å². The van der Waals surface area contributed by atoms with Gasteiger partial charge in [0, 0.05) is 38.3 Å². The fourth-order valence-electron chi connectivity index (χ4n) is 3.72. The van der Waals surface area contributed by atoms with Crippen LogP contribution in [-0.2, 0) is 22.6 Å². The minimum Gasteiger partial charge on any atom is -0.345 e. The van der Waals surface area contributed by atoms with Gasteiger partial charge in [-0.25, -0.2) is 13.8 Å². The Labute approximate surface area is 208 Å². The number of imidazole rings is 1. The van der Waals surface area contributed by atoms with Gasteiger partial charge in [-0.3, -0.25) is 14.4 Å². The van der Waals surface area contributed by atoms with Gasteiger partial charge in [-0.15, -0.1) is 0 Å². The molecule has 0 spiro atoms. The van der Waals surface area contributed by atoms with E-state index in [4.69, 9.17) is 0 Å². The zero-order valence-corrected chi connectivity index (χ0v) is 20.9. The molecule has 0 radical (unpaired) electrons. The number of amides is 2. The van der Waals surface area contributed by atoms with Crippen LogP contribution in [0.25, 0.3) is 11.0 Å². The zero-order chi connectivity index (χ0) is 26.4. The molecule has 8 nitrogen and oxygen atoms in total. The molecule has 0 fully saturated rings. The van der Waals surface area contributed by atoms with Gasteiger partial charge in [0.2, 0.25) is 11.8 Å². The Kier molecular flexibility index (Phi) is 8.73. The number of H-pyrrole nitrogens is 1.